The molecule has 0 heterocycles. The second-order valence-corrected chi connectivity index (χ2v) is 1.94. The van der Waals surface area contributed by atoms with E-state index < -0.39 is 5.82 Å². The molecule has 1 aromatic rings. The van der Waals surface area contributed by atoms with Gasteiger partial charge in [-0.2, -0.15) is 5.26 Å². The molecule has 0 saturated heterocycles. The molecule has 0 saturated carbocycles. The van der Waals surface area contributed by atoms with Crippen LogP contribution in [0.3, 0.4) is 0 Å². The molecule has 0 atom stereocenters. The van der Waals surface area contributed by atoms with Crippen LogP contribution in [0.2, 0.25) is 0 Å². The van der Waals surface area contributed by atoms with Gasteiger partial charge in [0, 0.05) is 0 Å². The van der Waals surface area contributed by atoms with Gasteiger partial charge in [-0.15, -0.1) is 0 Å². The van der Waals surface area contributed by atoms with E-state index in [-0.39, 0.29) is 11.1 Å². The zero-order valence-corrected chi connectivity index (χ0v) is 5.54. The predicted molar refractivity (Wildman–Crippen MR) is 36.5 cm³/mol. The average molecular weight is 149 g/mol. The number of carbonyl (C=O) groups excluding carboxylic acids is 1. The van der Waals surface area contributed by atoms with Crippen molar-refractivity contribution in [3.8, 4) is 6.07 Å². The largest absolute Gasteiger partial charge is 0.298 e. The SMILES string of the molecule is N#Cc1cccc(C=O)c1F. The number of hydrogen-bond donors (Lipinski definition) is 0. The maximum Gasteiger partial charge on any atom is 0.153 e. The molecule has 2 nitrogen and oxygen atoms in total. The Labute approximate surface area is 62.9 Å². The van der Waals surface area contributed by atoms with Crippen molar-refractivity contribution in [2.75, 3.05) is 0 Å². The summed E-state index contributed by atoms with van der Waals surface area (Å²) in [6.45, 7) is 0. The van der Waals surface area contributed by atoms with Gasteiger partial charge in [-0.05, 0) is 12.1 Å². The normalized spacial score (nSPS) is 8.73. The van der Waals surface area contributed by atoms with Crippen LogP contribution in [0, 0.1) is 17.1 Å². The van der Waals surface area contributed by atoms with Gasteiger partial charge < -0.3 is 0 Å². The molecule has 3 heteroatoms. The minimum absolute atomic E-state index is 0.0796. The summed E-state index contributed by atoms with van der Waals surface area (Å²) in [4.78, 5) is 10.1. The van der Waals surface area contributed by atoms with Crippen molar-refractivity contribution in [3.05, 3.63) is 35.1 Å². The van der Waals surface area contributed by atoms with Crippen LogP contribution in [0.1, 0.15) is 15.9 Å². The Balaban J connectivity index is 3.34. The summed E-state index contributed by atoms with van der Waals surface area (Å²) in [6, 6.07) is 5.74. The molecule has 0 aliphatic heterocycles. The molecule has 0 amide bonds. The lowest BCUT2D eigenvalue weighted by atomic mass is 10.1. The Kier molecular flexibility index (Phi) is 1.98. The number of rotatable bonds is 1. The van der Waals surface area contributed by atoms with Crippen LogP contribution in [0.25, 0.3) is 0 Å². The topological polar surface area (TPSA) is 40.9 Å². The monoisotopic (exact) mass is 149 g/mol. The highest BCUT2D eigenvalue weighted by Gasteiger charge is 2.04. The Morgan fingerprint density at radius 2 is 2.27 bits per heavy atom. The van der Waals surface area contributed by atoms with E-state index >= 15 is 0 Å². The molecule has 0 aliphatic carbocycles. The van der Waals surface area contributed by atoms with Crippen LogP contribution in [0.4, 0.5) is 4.39 Å². The highest BCUT2D eigenvalue weighted by molar-refractivity contribution is 5.75. The Morgan fingerprint density at radius 1 is 1.55 bits per heavy atom. The maximum absolute atomic E-state index is 12.8. The number of aldehydes is 1. The van der Waals surface area contributed by atoms with Crippen molar-refractivity contribution in [1.29, 1.82) is 5.26 Å². The van der Waals surface area contributed by atoms with Crippen molar-refractivity contribution in [3.63, 3.8) is 0 Å². The van der Waals surface area contributed by atoms with Crippen molar-refractivity contribution in [1.82, 2.24) is 0 Å². The number of halogens is 1. The summed E-state index contributed by atoms with van der Waals surface area (Å²) >= 11 is 0. The highest BCUT2D eigenvalue weighted by atomic mass is 19.1. The number of hydrogen-bond acceptors (Lipinski definition) is 2. The van der Waals surface area contributed by atoms with Gasteiger partial charge in [0.15, 0.2) is 12.1 Å². The summed E-state index contributed by atoms with van der Waals surface area (Å²) in [7, 11) is 0. The average Bonchev–Trinajstić information content (AvgIpc) is 2.05. The van der Waals surface area contributed by atoms with E-state index in [2.05, 4.69) is 0 Å². The van der Waals surface area contributed by atoms with Crippen LogP contribution in [-0.4, -0.2) is 6.29 Å². The lowest BCUT2D eigenvalue weighted by Gasteiger charge is -1.93. The van der Waals surface area contributed by atoms with Gasteiger partial charge in [-0.25, -0.2) is 4.39 Å². The Hall–Kier alpha value is -1.69. The van der Waals surface area contributed by atoms with Gasteiger partial charge >= 0.3 is 0 Å². The van der Waals surface area contributed by atoms with Crippen molar-refractivity contribution in [2.45, 2.75) is 0 Å². The second kappa shape index (κ2) is 2.93. The van der Waals surface area contributed by atoms with Crippen molar-refractivity contribution < 1.29 is 9.18 Å². The van der Waals surface area contributed by atoms with E-state index in [0.29, 0.717) is 6.29 Å². The van der Waals surface area contributed by atoms with Crippen LogP contribution in [-0.2, 0) is 0 Å². The van der Waals surface area contributed by atoms with E-state index in [9.17, 15) is 9.18 Å². The minimum atomic E-state index is -0.745. The Bertz CT molecular complexity index is 327. The first-order valence-electron chi connectivity index (χ1n) is 2.93. The molecule has 54 valence electrons. The van der Waals surface area contributed by atoms with Crippen LogP contribution >= 0.6 is 0 Å². The number of nitrogens with zero attached hydrogens (tertiary/aromatic N) is 1. The summed E-state index contributed by atoms with van der Waals surface area (Å²) in [5, 5.41) is 8.33. The third-order valence-electron chi connectivity index (χ3n) is 1.28. The highest BCUT2D eigenvalue weighted by Crippen LogP contribution is 2.09. The zero-order valence-electron chi connectivity index (χ0n) is 5.54. The summed E-state index contributed by atoms with van der Waals surface area (Å²) < 4.78 is 12.8. The van der Waals surface area contributed by atoms with Crippen LogP contribution < -0.4 is 0 Å². The fourth-order valence-electron chi connectivity index (χ4n) is 0.727. The van der Waals surface area contributed by atoms with E-state index in [1.165, 1.54) is 18.2 Å². The van der Waals surface area contributed by atoms with Crippen LogP contribution in [0.5, 0.6) is 0 Å². The second-order valence-electron chi connectivity index (χ2n) is 1.94. The van der Waals surface area contributed by atoms with Gasteiger partial charge in [0.2, 0.25) is 0 Å². The molecule has 0 fully saturated rings. The lowest BCUT2D eigenvalue weighted by Crippen LogP contribution is -1.90. The summed E-state index contributed by atoms with van der Waals surface area (Å²) in [5.74, 6) is -0.745. The molecule has 1 aromatic carbocycles. The molecule has 0 bridgehead atoms. The summed E-state index contributed by atoms with van der Waals surface area (Å²) in [6.07, 6.45) is 0.385. The third kappa shape index (κ3) is 1.24. The van der Waals surface area contributed by atoms with E-state index in [1.54, 1.807) is 6.07 Å². The molecule has 0 N–H and O–H groups in total. The molecular formula is C8H4FNO. The van der Waals surface area contributed by atoms with E-state index in [0.717, 1.165) is 0 Å². The van der Waals surface area contributed by atoms with Crippen molar-refractivity contribution >= 4 is 6.29 Å². The quantitative estimate of drug-likeness (QED) is 0.568. The maximum atomic E-state index is 12.8. The number of nitriles is 1. The minimum Gasteiger partial charge on any atom is -0.298 e. The fraction of sp³-hybridized carbons (Fsp3) is 0. The van der Waals surface area contributed by atoms with Gasteiger partial charge in [-0.3, -0.25) is 4.79 Å². The van der Waals surface area contributed by atoms with Gasteiger partial charge in [0.1, 0.15) is 6.07 Å². The first kappa shape index (κ1) is 7.42. The molecule has 0 unspecified atom stereocenters. The predicted octanol–water partition coefficient (Wildman–Crippen LogP) is 1.51. The lowest BCUT2D eigenvalue weighted by molar-refractivity contribution is 0.112. The first-order chi connectivity index (χ1) is 5.29. The Morgan fingerprint density at radius 3 is 2.82 bits per heavy atom. The molecule has 0 spiro atoms. The fourth-order valence-corrected chi connectivity index (χ4v) is 0.727. The van der Waals surface area contributed by atoms with Crippen molar-refractivity contribution in [2.24, 2.45) is 0 Å². The molecule has 0 radical (unpaired) electrons. The molecule has 0 aliphatic rings. The van der Waals surface area contributed by atoms with Gasteiger partial charge in [0.25, 0.3) is 0 Å². The van der Waals surface area contributed by atoms with E-state index in [1.807, 2.05) is 0 Å². The first-order valence-corrected chi connectivity index (χ1v) is 2.93. The smallest absolute Gasteiger partial charge is 0.153 e. The van der Waals surface area contributed by atoms with Crippen LogP contribution in [0.15, 0.2) is 18.2 Å². The van der Waals surface area contributed by atoms with E-state index in [4.69, 9.17) is 5.26 Å². The summed E-state index contributed by atoms with van der Waals surface area (Å²) in [5.41, 5.74) is -0.182. The van der Waals surface area contributed by atoms with Gasteiger partial charge in [0.05, 0.1) is 11.1 Å². The number of carbonyl (C=O) groups is 1. The standard InChI is InChI=1S/C8H4FNO/c9-8-6(4-10)2-1-3-7(8)5-11/h1-3,5H. The molecule has 1 rings (SSSR count). The van der Waals surface area contributed by atoms with Gasteiger partial charge in [-0.1, -0.05) is 6.07 Å². The molecule has 11 heavy (non-hydrogen) atoms. The molecule has 0 aromatic heterocycles. The zero-order chi connectivity index (χ0) is 8.27. The molecular weight excluding hydrogens is 145 g/mol. The third-order valence-corrected chi connectivity index (χ3v) is 1.28. The number of benzene rings is 1.